The normalized spacial score (nSPS) is 15.4. The Kier molecular flexibility index (Phi) is 4.60. The van der Waals surface area contributed by atoms with Crippen LogP contribution in [0.3, 0.4) is 0 Å². The van der Waals surface area contributed by atoms with Gasteiger partial charge in [-0.15, -0.1) is 5.10 Å². The van der Waals surface area contributed by atoms with Crippen LogP contribution in [0.15, 0.2) is 41.4 Å². The van der Waals surface area contributed by atoms with E-state index in [9.17, 15) is 13.5 Å². The fourth-order valence-corrected chi connectivity index (χ4v) is 4.12. The predicted molar refractivity (Wildman–Crippen MR) is 106 cm³/mol. The number of aliphatic hydroxyl groups is 1. The highest BCUT2D eigenvalue weighted by Crippen LogP contribution is 2.36. The summed E-state index contributed by atoms with van der Waals surface area (Å²) >= 11 is 0. The number of primary sulfonamides is 1. The van der Waals surface area contributed by atoms with Gasteiger partial charge in [0.25, 0.3) is 0 Å². The van der Waals surface area contributed by atoms with E-state index in [0.717, 1.165) is 18.9 Å². The van der Waals surface area contributed by atoms with Gasteiger partial charge in [0.05, 0.1) is 10.5 Å². The summed E-state index contributed by atoms with van der Waals surface area (Å²) in [6.07, 6.45) is 1.67. The molecule has 1 aromatic carbocycles. The van der Waals surface area contributed by atoms with Crippen LogP contribution in [0.25, 0.3) is 22.5 Å². The minimum atomic E-state index is -3.99. The highest BCUT2D eigenvalue weighted by atomic mass is 32.2. The first-order chi connectivity index (χ1) is 13.6. The van der Waals surface area contributed by atoms with Gasteiger partial charge in [-0.25, -0.2) is 23.6 Å². The highest BCUT2D eigenvalue weighted by molar-refractivity contribution is 7.89. The van der Waals surface area contributed by atoms with Gasteiger partial charge in [0.15, 0.2) is 5.82 Å². The predicted octanol–water partition coefficient (Wildman–Crippen LogP) is 0.783. The average molecular weight is 415 g/mol. The molecular formula is C18H21N7O3S. The van der Waals surface area contributed by atoms with Crippen molar-refractivity contribution in [1.82, 2.24) is 25.6 Å². The van der Waals surface area contributed by atoms with Gasteiger partial charge < -0.3 is 10.0 Å². The van der Waals surface area contributed by atoms with E-state index < -0.39 is 15.6 Å². The Bertz CT molecular complexity index is 1120. The Balaban J connectivity index is 1.69. The Morgan fingerprint density at radius 3 is 2.55 bits per heavy atom. The summed E-state index contributed by atoms with van der Waals surface area (Å²) in [5, 5.41) is 29.0. The first kappa shape index (κ1) is 19.4. The maximum absolute atomic E-state index is 12.1. The number of sulfonamides is 1. The van der Waals surface area contributed by atoms with Crippen molar-refractivity contribution in [2.75, 3.05) is 18.0 Å². The summed E-state index contributed by atoms with van der Waals surface area (Å²) < 4.78 is 24.2. The van der Waals surface area contributed by atoms with Crippen molar-refractivity contribution in [2.24, 2.45) is 11.1 Å². The lowest BCUT2D eigenvalue weighted by atomic mass is 9.84. The molecule has 0 saturated carbocycles. The smallest absolute Gasteiger partial charge is 0.238 e. The Hall–Kier alpha value is -2.89. The Labute approximate surface area is 167 Å². The molecule has 1 aliphatic rings. The quantitative estimate of drug-likeness (QED) is 0.553. The van der Waals surface area contributed by atoms with E-state index >= 15 is 0 Å². The third-order valence-electron chi connectivity index (χ3n) is 5.18. The van der Waals surface area contributed by atoms with Gasteiger partial charge in [0.2, 0.25) is 10.0 Å². The number of nitrogens with one attached hydrogen (secondary N) is 1. The molecule has 2 aromatic heterocycles. The van der Waals surface area contributed by atoms with Crippen LogP contribution in [0.4, 0.5) is 5.82 Å². The van der Waals surface area contributed by atoms with Crippen molar-refractivity contribution >= 4 is 15.8 Å². The van der Waals surface area contributed by atoms with Gasteiger partial charge in [-0.1, -0.05) is 12.1 Å². The number of nitrogens with two attached hydrogens (primary N) is 1. The maximum atomic E-state index is 12.1. The second-order valence-corrected chi connectivity index (χ2v) is 9.16. The molecule has 0 amide bonds. The van der Waals surface area contributed by atoms with Crippen LogP contribution in [0.1, 0.15) is 13.8 Å². The number of hydrogen-bond acceptors (Lipinski definition) is 8. The summed E-state index contributed by atoms with van der Waals surface area (Å²) in [4.78, 5) is 6.51. The first-order valence-corrected chi connectivity index (χ1v) is 10.5. The van der Waals surface area contributed by atoms with Crippen molar-refractivity contribution in [1.29, 1.82) is 0 Å². The number of rotatable bonds is 5. The van der Waals surface area contributed by atoms with E-state index in [-0.39, 0.29) is 16.6 Å². The Morgan fingerprint density at radius 1 is 1.24 bits per heavy atom. The number of tetrazole rings is 1. The van der Waals surface area contributed by atoms with Gasteiger partial charge in [-0.2, -0.15) is 0 Å². The van der Waals surface area contributed by atoms with Crippen molar-refractivity contribution in [3.05, 3.63) is 36.5 Å². The largest absolute Gasteiger partial charge is 0.390 e. The van der Waals surface area contributed by atoms with E-state index in [1.807, 2.05) is 26.0 Å². The standard InChI is InChI=1S/C18H21N7O3S/c1-18(2,26)12-9-25(10-12)15-7-6-11(8-20-15)13-4-3-5-14(29(19,27)28)16(13)17-21-23-24-22-17/h3-8,12,26H,9-10H2,1-2H3,(H2,19,27,28)(H,21,22,23,24). The topological polar surface area (TPSA) is 151 Å². The van der Waals surface area contributed by atoms with E-state index in [0.29, 0.717) is 16.7 Å². The van der Waals surface area contributed by atoms with Crippen LogP contribution in [-0.2, 0) is 10.0 Å². The molecule has 4 rings (SSSR count). The van der Waals surface area contributed by atoms with Gasteiger partial charge in [0, 0.05) is 36.3 Å². The van der Waals surface area contributed by atoms with Crippen LogP contribution in [0.5, 0.6) is 0 Å². The second-order valence-electron chi connectivity index (χ2n) is 7.63. The molecule has 0 atom stereocenters. The number of benzene rings is 1. The Morgan fingerprint density at radius 2 is 2.00 bits per heavy atom. The number of aromatic amines is 1. The zero-order valence-electron chi connectivity index (χ0n) is 15.9. The van der Waals surface area contributed by atoms with Crippen LogP contribution in [-0.4, -0.2) is 57.8 Å². The molecule has 3 aromatic rings. The number of anilines is 1. The fourth-order valence-electron chi connectivity index (χ4n) is 3.36. The number of aromatic nitrogens is 5. The van der Waals surface area contributed by atoms with Crippen LogP contribution in [0, 0.1) is 5.92 Å². The van der Waals surface area contributed by atoms with Crippen molar-refractivity contribution < 1.29 is 13.5 Å². The lowest BCUT2D eigenvalue weighted by molar-refractivity contribution is 0.00439. The SMILES string of the molecule is CC(C)(O)C1CN(c2ccc(-c3cccc(S(N)(=O)=O)c3-c3nnn[nH]3)cn2)C1. The van der Waals surface area contributed by atoms with Crippen LogP contribution in [0.2, 0.25) is 0 Å². The van der Waals surface area contributed by atoms with Crippen molar-refractivity contribution in [3.63, 3.8) is 0 Å². The maximum Gasteiger partial charge on any atom is 0.238 e. The molecule has 0 aliphatic carbocycles. The van der Waals surface area contributed by atoms with Gasteiger partial charge in [0.1, 0.15) is 5.82 Å². The molecule has 152 valence electrons. The fraction of sp³-hybridized carbons (Fsp3) is 0.333. The lowest BCUT2D eigenvalue weighted by Gasteiger charge is -2.45. The number of hydrogen-bond donors (Lipinski definition) is 3. The number of pyridine rings is 1. The number of H-pyrrole nitrogens is 1. The molecule has 0 radical (unpaired) electrons. The van der Waals surface area contributed by atoms with Gasteiger partial charge >= 0.3 is 0 Å². The molecule has 3 heterocycles. The summed E-state index contributed by atoms with van der Waals surface area (Å²) in [5.74, 6) is 1.19. The summed E-state index contributed by atoms with van der Waals surface area (Å²) in [6, 6.07) is 8.50. The molecule has 11 heteroatoms. The molecule has 0 unspecified atom stereocenters. The zero-order valence-corrected chi connectivity index (χ0v) is 16.8. The van der Waals surface area contributed by atoms with E-state index in [2.05, 4.69) is 30.5 Å². The molecule has 4 N–H and O–H groups in total. The first-order valence-electron chi connectivity index (χ1n) is 8.98. The molecule has 1 fully saturated rings. The van der Waals surface area contributed by atoms with Gasteiger partial charge in [-0.3, -0.25) is 0 Å². The minimum absolute atomic E-state index is 0.0756. The molecule has 0 bridgehead atoms. The summed E-state index contributed by atoms with van der Waals surface area (Å²) in [5.41, 5.74) is 0.864. The molecule has 1 aliphatic heterocycles. The third-order valence-corrected chi connectivity index (χ3v) is 6.13. The molecule has 1 saturated heterocycles. The average Bonchev–Trinajstić information content (AvgIpc) is 3.13. The van der Waals surface area contributed by atoms with Gasteiger partial charge in [-0.05, 0) is 48.0 Å². The highest BCUT2D eigenvalue weighted by Gasteiger charge is 2.38. The van der Waals surface area contributed by atoms with E-state index in [1.165, 1.54) is 6.07 Å². The third kappa shape index (κ3) is 3.71. The monoisotopic (exact) mass is 415 g/mol. The van der Waals surface area contributed by atoms with Crippen LogP contribution < -0.4 is 10.0 Å². The number of nitrogens with zero attached hydrogens (tertiary/aromatic N) is 5. The molecule has 29 heavy (non-hydrogen) atoms. The molecular weight excluding hydrogens is 394 g/mol. The molecule has 10 nitrogen and oxygen atoms in total. The van der Waals surface area contributed by atoms with Crippen LogP contribution >= 0.6 is 0 Å². The molecule has 0 spiro atoms. The van der Waals surface area contributed by atoms with E-state index in [1.54, 1.807) is 18.3 Å². The second kappa shape index (κ2) is 6.87. The zero-order chi connectivity index (χ0) is 20.8. The van der Waals surface area contributed by atoms with E-state index in [4.69, 9.17) is 5.14 Å². The van der Waals surface area contributed by atoms with Crippen molar-refractivity contribution in [3.8, 4) is 22.5 Å². The lowest BCUT2D eigenvalue weighted by Crippen LogP contribution is -2.56. The minimum Gasteiger partial charge on any atom is -0.390 e. The van der Waals surface area contributed by atoms with Crippen molar-refractivity contribution in [2.45, 2.75) is 24.3 Å². The summed E-state index contributed by atoms with van der Waals surface area (Å²) in [6.45, 7) is 5.07. The summed E-state index contributed by atoms with van der Waals surface area (Å²) in [7, 11) is -3.99.